The third kappa shape index (κ3) is 4.85. The van der Waals surface area contributed by atoms with Gasteiger partial charge >= 0.3 is 0 Å². The average Bonchev–Trinajstić information content (AvgIpc) is 3.14. The number of rotatable bonds is 5. The van der Waals surface area contributed by atoms with E-state index < -0.39 is 17.7 Å². The Morgan fingerprint density at radius 1 is 0.921 bits per heavy atom. The highest BCUT2D eigenvalue weighted by Gasteiger charge is 2.47. The van der Waals surface area contributed by atoms with Gasteiger partial charge in [0.25, 0.3) is 11.7 Å². The van der Waals surface area contributed by atoms with Crippen molar-refractivity contribution in [2.45, 2.75) is 65.8 Å². The van der Waals surface area contributed by atoms with Crippen LogP contribution in [0.25, 0.3) is 5.76 Å². The first-order chi connectivity index (χ1) is 17.8. The number of aliphatic hydroxyl groups is 1. The zero-order valence-electron chi connectivity index (χ0n) is 23.5. The summed E-state index contributed by atoms with van der Waals surface area (Å²) in [6, 6.07) is 18.5. The van der Waals surface area contributed by atoms with Gasteiger partial charge in [-0.15, -0.1) is 0 Å². The van der Waals surface area contributed by atoms with Crippen LogP contribution in [0.3, 0.4) is 0 Å². The van der Waals surface area contributed by atoms with Crippen LogP contribution in [0, 0.1) is 13.8 Å². The molecule has 1 saturated heterocycles. The standard InChI is InChI=1S/C33H37NO4/c1-19(2)22-11-15-25(16-12-22)34-29(23-9-13-24(14-10-23)33(5,6)7)28(31(36)32(34)37)30(35)26-17-21(4)27(38-8)18-20(26)3/h9-19,29,35H,1-8H3/b30-28+. The van der Waals surface area contributed by atoms with Crippen LogP contribution in [0.2, 0.25) is 0 Å². The van der Waals surface area contributed by atoms with Gasteiger partial charge in [0.05, 0.1) is 18.7 Å². The van der Waals surface area contributed by atoms with Crippen molar-refractivity contribution in [3.63, 3.8) is 0 Å². The lowest BCUT2D eigenvalue weighted by molar-refractivity contribution is -0.132. The summed E-state index contributed by atoms with van der Waals surface area (Å²) in [5, 5.41) is 11.6. The van der Waals surface area contributed by atoms with Crippen molar-refractivity contribution in [2.75, 3.05) is 12.0 Å². The second kappa shape index (κ2) is 10.1. The predicted molar refractivity (Wildman–Crippen MR) is 153 cm³/mol. The number of carbonyl (C=O) groups excluding carboxylic acids is 2. The second-order valence-corrected chi connectivity index (χ2v) is 11.4. The number of aryl methyl sites for hydroxylation is 2. The van der Waals surface area contributed by atoms with Gasteiger partial charge in [0.1, 0.15) is 11.5 Å². The highest BCUT2D eigenvalue weighted by Crippen LogP contribution is 2.43. The number of anilines is 1. The molecule has 0 spiro atoms. The van der Waals surface area contributed by atoms with Gasteiger partial charge in [0, 0.05) is 11.3 Å². The number of aliphatic hydroxyl groups excluding tert-OH is 1. The van der Waals surface area contributed by atoms with E-state index in [1.165, 1.54) is 4.90 Å². The number of methoxy groups -OCH3 is 1. The van der Waals surface area contributed by atoms with Crippen molar-refractivity contribution in [1.82, 2.24) is 0 Å². The minimum absolute atomic E-state index is 0.0508. The van der Waals surface area contributed by atoms with E-state index in [0.717, 1.165) is 27.8 Å². The molecule has 0 aromatic heterocycles. The van der Waals surface area contributed by atoms with Crippen LogP contribution in [0.5, 0.6) is 5.75 Å². The summed E-state index contributed by atoms with van der Waals surface area (Å²) >= 11 is 0. The van der Waals surface area contributed by atoms with Crippen molar-refractivity contribution < 1.29 is 19.4 Å². The molecule has 0 saturated carbocycles. The fourth-order valence-electron chi connectivity index (χ4n) is 5.01. The fraction of sp³-hybridized carbons (Fsp3) is 0.333. The molecular weight excluding hydrogens is 474 g/mol. The number of ether oxygens (including phenoxy) is 1. The normalized spacial score (nSPS) is 17.4. The summed E-state index contributed by atoms with van der Waals surface area (Å²) in [6.45, 7) is 14.4. The molecule has 1 N–H and O–H groups in total. The monoisotopic (exact) mass is 511 g/mol. The van der Waals surface area contributed by atoms with Crippen LogP contribution in [0.4, 0.5) is 5.69 Å². The van der Waals surface area contributed by atoms with Crippen molar-refractivity contribution in [1.29, 1.82) is 0 Å². The van der Waals surface area contributed by atoms with Gasteiger partial charge in [-0.25, -0.2) is 0 Å². The molecule has 1 unspecified atom stereocenters. The van der Waals surface area contributed by atoms with Gasteiger partial charge in [-0.1, -0.05) is 71.0 Å². The summed E-state index contributed by atoms with van der Waals surface area (Å²) in [4.78, 5) is 28.6. The third-order valence-corrected chi connectivity index (χ3v) is 7.37. The summed E-state index contributed by atoms with van der Waals surface area (Å²) < 4.78 is 5.43. The molecule has 0 aliphatic carbocycles. The molecule has 3 aromatic rings. The molecule has 5 heteroatoms. The van der Waals surface area contributed by atoms with E-state index in [0.29, 0.717) is 22.9 Å². The quantitative estimate of drug-likeness (QED) is 0.221. The summed E-state index contributed by atoms with van der Waals surface area (Å²) in [6.07, 6.45) is 0. The Labute approximate surface area is 225 Å². The van der Waals surface area contributed by atoms with Crippen molar-refractivity contribution >= 4 is 23.1 Å². The van der Waals surface area contributed by atoms with Gasteiger partial charge in [-0.05, 0) is 77.3 Å². The number of ketones is 1. The molecule has 0 bridgehead atoms. The Morgan fingerprint density at radius 3 is 2.05 bits per heavy atom. The number of hydrogen-bond donors (Lipinski definition) is 1. The molecule has 38 heavy (non-hydrogen) atoms. The second-order valence-electron chi connectivity index (χ2n) is 11.4. The maximum absolute atomic E-state index is 13.6. The topological polar surface area (TPSA) is 66.8 Å². The Balaban J connectivity index is 1.94. The molecule has 1 atom stereocenters. The van der Waals surface area contributed by atoms with E-state index in [2.05, 4.69) is 34.6 Å². The van der Waals surface area contributed by atoms with Gasteiger partial charge in [-0.2, -0.15) is 0 Å². The molecule has 1 fully saturated rings. The number of Topliss-reactive ketones (excluding diaryl/α,β-unsaturated/α-hetero) is 1. The first-order valence-corrected chi connectivity index (χ1v) is 13.0. The zero-order valence-corrected chi connectivity index (χ0v) is 23.5. The highest BCUT2D eigenvalue weighted by atomic mass is 16.5. The Bertz CT molecular complexity index is 1410. The lowest BCUT2D eigenvalue weighted by Crippen LogP contribution is -2.29. The molecule has 1 heterocycles. The van der Waals surface area contributed by atoms with Crippen LogP contribution >= 0.6 is 0 Å². The highest BCUT2D eigenvalue weighted by molar-refractivity contribution is 6.51. The molecule has 5 nitrogen and oxygen atoms in total. The first-order valence-electron chi connectivity index (χ1n) is 13.0. The van der Waals surface area contributed by atoms with Gasteiger partial charge < -0.3 is 9.84 Å². The maximum Gasteiger partial charge on any atom is 0.300 e. The fourth-order valence-corrected chi connectivity index (χ4v) is 5.01. The largest absolute Gasteiger partial charge is 0.507 e. The molecule has 4 rings (SSSR count). The van der Waals surface area contributed by atoms with Gasteiger partial charge in [0.15, 0.2) is 0 Å². The Morgan fingerprint density at radius 2 is 1.53 bits per heavy atom. The predicted octanol–water partition coefficient (Wildman–Crippen LogP) is 7.36. The maximum atomic E-state index is 13.6. The number of amides is 1. The first kappa shape index (κ1) is 27.2. The third-order valence-electron chi connectivity index (χ3n) is 7.37. The average molecular weight is 512 g/mol. The SMILES string of the molecule is COc1cc(C)c(/C(O)=C2\C(=O)C(=O)N(c3ccc(C(C)C)cc3)C2c2ccc(C(C)(C)C)cc2)cc1C. The summed E-state index contributed by atoms with van der Waals surface area (Å²) in [5.41, 5.74) is 5.76. The van der Waals surface area contributed by atoms with Crippen LogP contribution in [0.1, 0.15) is 80.0 Å². The summed E-state index contributed by atoms with van der Waals surface area (Å²) in [5.74, 6) is -0.511. The zero-order chi connectivity index (χ0) is 27.9. The van der Waals surface area contributed by atoms with Crippen LogP contribution < -0.4 is 9.64 Å². The van der Waals surface area contributed by atoms with Gasteiger partial charge in [0.2, 0.25) is 0 Å². The van der Waals surface area contributed by atoms with E-state index in [9.17, 15) is 14.7 Å². The minimum atomic E-state index is -0.768. The Kier molecular flexibility index (Phi) is 7.24. The minimum Gasteiger partial charge on any atom is -0.507 e. The van der Waals surface area contributed by atoms with Crippen molar-refractivity contribution in [2.24, 2.45) is 0 Å². The van der Waals surface area contributed by atoms with E-state index in [-0.39, 0.29) is 16.7 Å². The molecule has 1 amide bonds. The molecular formula is C33H37NO4. The Hall–Kier alpha value is -3.86. The molecule has 1 aliphatic rings. The lowest BCUT2D eigenvalue weighted by Gasteiger charge is -2.27. The number of hydrogen-bond acceptors (Lipinski definition) is 4. The number of benzene rings is 3. The van der Waals surface area contributed by atoms with Gasteiger partial charge in [-0.3, -0.25) is 14.5 Å². The van der Waals surface area contributed by atoms with Crippen LogP contribution in [0.15, 0.2) is 66.2 Å². The van der Waals surface area contributed by atoms with Crippen LogP contribution in [-0.2, 0) is 15.0 Å². The number of carbonyl (C=O) groups is 2. The van der Waals surface area contributed by atoms with E-state index in [1.54, 1.807) is 13.2 Å². The van der Waals surface area contributed by atoms with E-state index >= 15 is 0 Å². The molecule has 1 aliphatic heterocycles. The molecule has 0 radical (unpaired) electrons. The smallest absolute Gasteiger partial charge is 0.300 e. The lowest BCUT2D eigenvalue weighted by atomic mass is 9.85. The van der Waals surface area contributed by atoms with E-state index in [1.807, 2.05) is 68.4 Å². The molecule has 3 aromatic carbocycles. The van der Waals surface area contributed by atoms with Crippen molar-refractivity contribution in [3.8, 4) is 5.75 Å². The number of nitrogens with zero attached hydrogens (tertiary/aromatic N) is 1. The molecule has 198 valence electrons. The van der Waals surface area contributed by atoms with E-state index in [4.69, 9.17) is 4.74 Å². The van der Waals surface area contributed by atoms with Crippen molar-refractivity contribution in [3.05, 3.63) is 99.6 Å². The van der Waals surface area contributed by atoms with Crippen LogP contribution in [-0.4, -0.2) is 23.9 Å². The summed E-state index contributed by atoms with van der Waals surface area (Å²) in [7, 11) is 1.60.